The Morgan fingerprint density at radius 3 is 2.21 bits per heavy atom. The van der Waals surface area contributed by atoms with Gasteiger partial charge in [-0.25, -0.2) is 4.79 Å². The van der Waals surface area contributed by atoms with Gasteiger partial charge < -0.3 is 15.1 Å². The second-order valence-electron chi connectivity index (χ2n) is 8.52. The van der Waals surface area contributed by atoms with Crippen molar-refractivity contribution in [3.63, 3.8) is 0 Å². The molecule has 0 spiro atoms. The van der Waals surface area contributed by atoms with E-state index in [1.54, 1.807) is 0 Å². The topological polar surface area (TPSA) is 55.9 Å². The minimum Gasteiger partial charge on any atom is -0.337 e. The highest BCUT2D eigenvalue weighted by molar-refractivity contribution is 5.94. The molecule has 6 nitrogen and oxygen atoms in total. The van der Waals surface area contributed by atoms with E-state index in [4.69, 9.17) is 0 Å². The third kappa shape index (κ3) is 5.25. The molecule has 2 saturated heterocycles. The maximum absolute atomic E-state index is 12.7. The molecule has 28 heavy (non-hydrogen) atoms. The van der Waals surface area contributed by atoms with Gasteiger partial charge in [-0.05, 0) is 58.3 Å². The van der Waals surface area contributed by atoms with E-state index in [2.05, 4.69) is 24.1 Å². The van der Waals surface area contributed by atoms with Gasteiger partial charge in [0, 0.05) is 43.8 Å². The predicted molar refractivity (Wildman–Crippen MR) is 111 cm³/mol. The van der Waals surface area contributed by atoms with Crippen molar-refractivity contribution in [1.82, 2.24) is 20.0 Å². The van der Waals surface area contributed by atoms with Crippen LogP contribution in [0.3, 0.4) is 0 Å². The Kier molecular flexibility index (Phi) is 6.94. The standard InChI is InChI=1S/C22H34N4O2/c1-22(2,26-14-7-4-8-15-26)18-23-21(28)25-13-9-12-24(16-17-25)20(27)19-10-5-3-6-11-19/h3,5-6,10-11H,4,7-9,12-18H2,1-2H3,(H,23,28). The Balaban J connectivity index is 1.49. The second kappa shape index (κ2) is 9.41. The average molecular weight is 387 g/mol. The minimum atomic E-state index is -0.0305. The summed E-state index contributed by atoms with van der Waals surface area (Å²) in [6, 6.07) is 9.36. The van der Waals surface area contributed by atoms with Crippen LogP contribution in [0.25, 0.3) is 0 Å². The zero-order valence-electron chi connectivity index (χ0n) is 17.3. The highest BCUT2D eigenvalue weighted by Gasteiger charge is 2.29. The lowest BCUT2D eigenvalue weighted by Crippen LogP contribution is -2.55. The van der Waals surface area contributed by atoms with Gasteiger partial charge in [0.1, 0.15) is 0 Å². The van der Waals surface area contributed by atoms with Crippen molar-refractivity contribution in [3.8, 4) is 0 Å². The second-order valence-corrected chi connectivity index (χ2v) is 8.52. The smallest absolute Gasteiger partial charge is 0.317 e. The Hall–Kier alpha value is -2.08. The Labute approximate surface area is 168 Å². The number of nitrogens with zero attached hydrogens (tertiary/aromatic N) is 3. The molecule has 3 rings (SSSR count). The molecule has 0 saturated carbocycles. The molecule has 0 aromatic heterocycles. The molecule has 154 valence electrons. The molecular formula is C22H34N4O2. The monoisotopic (exact) mass is 386 g/mol. The SMILES string of the molecule is CC(C)(CNC(=O)N1CCCN(C(=O)c2ccccc2)CC1)N1CCCCC1. The van der Waals surface area contributed by atoms with Crippen molar-refractivity contribution in [2.24, 2.45) is 0 Å². The van der Waals surface area contributed by atoms with Crippen LogP contribution in [0.2, 0.25) is 0 Å². The van der Waals surface area contributed by atoms with E-state index in [9.17, 15) is 9.59 Å². The lowest BCUT2D eigenvalue weighted by molar-refractivity contribution is 0.0761. The van der Waals surface area contributed by atoms with Gasteiger partial charge in [0.15, 0.2) is 0 Å². The molecule has 2 aliphatic rings. The lowest BCUT2D eigenvalue weighted by atomic mass is 9.98. The molecule has 3 amide bonds. The van der Waals surface area contributed by atoms with Crippen LogP contribution < -0.4 is 5.32 Å². The molecule has 2 aliphatic heterocycles. The molecule has 2 heterocycles. The van der Waals surface area contributed by atoms with E-state index in [-0.39, 0.29) is 17.5 Å². The first kappa shape index (κ1) is 20.6. The van der Waals surface area contributed by atoms with Crippen LogP contribution in [-0.2, 0) is 0 Å². The number of carbonyl (C=O) groups excluding carboxylic acids is 2. The van der Waals surface area contributed by atoms with Gasteiger partial charge in [-0.15, -0.1) is 0 Å². The van der Waals surface area contributed by atoms with Gasteiger partial charge in [-0.1, -0.05) is 24.6 Å². The summed E-state index contributed by atoms with van der Waals surface area (Å²) in [5.41, 5.74) is 0.681. The molecule has 0 aliphatic carbocycles. The number of nitrogens with one attached hydrogen (secondary N) is 1. The van der Waals surface area contributed by atoms with E-state index in [1.165, 1.54) is 19.3 Å². The fourth-order valence-electron chi connectivity index (χ4n) is 4.10. The van der Waals surface area contributed by atoms with Gasteiger partial charge in [0.25, 0.3) is 5.91 Å². The molecule has 1 N–H and O–H groups in total. The van der Waals surface area contributed by atoms with Gasteiger partial charge in [0.05, 0.1) is 0 Å². The number of benzene rings is 1. The quantitative estimate of drug-likeness (QED) is 0.866. The van der Waals surface area contributed by atoms with Crippen molar-refractivity contribution < 1.29 is 9.59 Å². The lowest BCUT2D eigenvalue weighted by Gasteiger charge is -2.41. The van der Waals surface area contributed by atoms with Gasteiger partial charge in [-0.3, -0.25) is 9.69 Å². The first-order chi connectivity index (χ1) is 13.5. The van der Waals surface area contributed by atoms with Gasteiger partial charge >= 0.3 is 6.03 Å². The van der Waals surface area contributed by atoms with E-state index >= 15 is 0 Å². The van der Waals surface area contributed by atoms with Crippen molar-refractivity contribution in [1.29, 1.82) is 0 Å². The number of hydrogen-bond donors (Lipinski definition) is 1. The molecule has 1 aromatic carbocycles. The number of hydrogen-bond acceptors (Lipinski definition) is 3. The van der Waals surface area contributed by atoms with Crippen molar-refractivity contribution >= 4 is 11.9 Å². The number of carbonyl (C=O) groups is 2. The number of piperidine rings is 1. The zero-order chi connectivity index (χ0) is 20.0. The van der Waals surface area contributed by atoms with E-state index in [0.717, 1.165) is 19.5 Å². The van der Waals surface area contributed by atoms with Crippen molar-refractivity contribution in [3.05, 3.63) is 35.9 Å². The first-order valence-corrected chi connectivity index (χ1v) is 10.6. The summed E-state index contributed by atoms with van der Waals surface area (Å²) in [7, 11) is 0. The summed E-state index contributed by atoms with van der Waals surface area (Å²) in [5, 5.41) is 3.14. The van der Waals surface area contributed by atoms with Crippen LogP contribution >= 0.6 is 0 Å². The maximum atomic E-state index is 12.7. The maximum Gasteiger partial charge on any atom is 0.317 e. The van der Waals surface area contributed by atoms with Crippen LogP contribution in [0, 0.1) is 0 Å². The number of likely N-dealkylation sites (tertiary alicyclic amines) is 1. The summed E-state index contributed by atoms with van der Waals surface area (Å²) in [6.45, 7) is 9.83. The third-order valence-electron chi connectivity index (χ3n) is 5.98. The van der Waals surface area contributed by atoms with Crippen LogP contribution in [0.15, 0.2) is 30.3 Å². The summed E-state index contributed by atoms with van der Waals surface area (Å²) in [4.78, 5) is 31.6. The Morgan fingerprint density at radius 1 is 0.857 bits per heavy atom. The van der Waals surface area contributed by atoms with Crippen LogP contribution in [0.5, 0.6) is 0 Å². The zero-order valence-corrected chi connectivity index (χ0v) is 17.3. The van der Waals surface area contributed by atoms with Crippen LogP contribution in [-0.4, -0.2) is 78.0 Å². The highest BCUT2D eigenvalue weighted by atomic mass is 16.2. The van der Waals surface area contributed by atoms with Crippen molar-refractivity contribution in [2.75, 3.05) is 45.8 Å². The average Bonchev–Trinajstić information content (AvgIpc) is 2.99. The molecular weight excluding hydrogens is 352 g/mol. The molecule has 0 unspecified atom stereocenters. The molecule has 0 atom stereocenters. The predicted octanol–water partition coefficient (Wildman–Crippen LogP) is 2.81. The minimum absolute atomic E-state index is 0.0147. The van der Waals surface area contributed by atoms with Crippen LogP contribution in [0.1, 0.15) is 49.9 Å². The molecule has 2 fully saturated rings. The summed E-state index contributed by atoms with van der Waals surface area (Å²) in [5.74, 6) is 0.0501. The van der Waals surface area contributed by atoms with E-state index < -0.39 is 0 Å². The number of urea groups is 1. The highest BCUT2D eigenvalue weighted by Crippen LogP contribution is 2.20. The fraction of sp³-hybridized carbons (Fsp3) is 0.636. The third-order valence-corrected chi connectivity index (χ3v) is 5.98. The molecule has 0 bridgehead atoms. The van der Waals surface area contributed by atoms with Gasteiger partial charge in [-0.2, -0.15) is 0 Å². The number of amides is 3. The Bertz CT molecular complexity index is 656. The largest absolute Gasteiger partial charge is 0.337 e. The van der Waals surface area contributed by atoms with Gasteiger partial charge in [0.2, 0.25) is 0 Å². The summed E-state index contributed by atoms with van der Waals surface area (Å²) < 4.78 is 0. The normalized spacial score (nSPS) is 19.2. The number of rotatable bonds is 4. The summed E-state index contributed by atoms with van der Waals surface area (Å²) in [6.07, 6.45) is 4.61. The van der Waals surface area contributed by atoms with Crippen molar-refractivity contribution in [2.45, 2.75) is 45.1 Å². The summed E-state index contributed by atoms with van der Waals surface area (Å²) >= 11 is 0. The molecule has 0 radical (unpaired) electrons. The van der Waals surface area contributed by atoms with E-state index in [1.807, 2.05) is 40.1 Å². The Morgan fingerprint density at radius 2 is 1.50 bits per heavy atom. The first-order valence-electron chi connectivity index (χ1n) is 10.6. The van der Waals surface area contributed by atoms with E-state index in [0.29, 0.717) is 38.3 Å². The molecule has 1 aromatic rings. The molecule has 6 heteroatoms. The fourth-order valence-corrected chi connectivity index (χ4v) is 4.10. The van der Waals surface area contributed by atoms with Crippen LogP contribution in [0.4, 0.5) is 4.79 Å².